The first kappa shape index (κ1) is 17.4. The molecular formula is C23H27N5. The van der Waals surface area contributed by atoms with Crippen LogP contribution in [-0.4, -0.2) is 44.6 Å². The number of nitrogens with zero attached hydrogens (tertiary/aromatic N) is 4. The monoisotopic (exact) mass is 373 g/mol. The van der Waals surface area contributed by atoms with Gasteiger partial charge in [-0.1, -0.05) is 12.1 Å². The zero-order valence-electron chi connectivity index (χ0n) is 16.8. The smallest absolute Gasteiger partial charge is 0.158 e. The van der Waals surface area contributed by atoms with Crippen LogP contribution in [0.25, 0.3) is 27.7 Å². The van der Waals surface area contributed by atoms with Gasteiger partial charge in [0.05, 0.1) is 0 Å². The molecule has 5 rings (SSSR count). The number of nitrogens with one attached hydrogen (secondary N) is 1. The largest absolute Gasteiger partial charge is 0.361 e. The predicted molar refractivity (Wildman–Crippen MR) is 114 cm³/mol. The second-order valence-corrected chi connectivity index (χ2v) is 8.41. The Labute approximate surface area is 165 Å². The van der Waals surface area contributed by atoms with Crippen molar-refractivity contribution in [3.05, 3.63) is 54.1 Å². The fourth-order valence-electron chi connectivity index (χ4n) is 4.82. The van der Waals surface area contributed by atoms with E-state index in [1.54, 1.807) is 6.33 Å². The molecular weight excluding hydrogens is 346 g/mol. The normalized spacial score (nSPS) is 20.4. The van der Waals surface area contributed by atoms with Gasteiger partial charge in [0.1, 0.15) is 6.33 Å². The van der Waals surface area contributed by atoms with Crippen molar-refractivity contribution in [1.29, 1.82) is 0 Å². The fourth-order valence-corrected chi connectivity index (χ4v) is 4.82. The number of H-pyrrole nitrogens is 1. The van der Waals surface area contributed by atoms with Gasteiger partial charge in [-0.2, -0.15) is 5.10 Å². The summed E-state index contributed by atoms with van der Waals surface area (Å²) in [5.74, 6) is 0.671. The van der Waals surface area contributed by atoms with Crippen molar-refractivity contribution in [3.63, 3.8) is 0 Å². The highest BCUT2D eigenvalue weighted by molar-refractivity contribution is 5.88. The van der Waals surface area contributed by atoms with Crippen molar-refractivity contribution in [2.24, 2.45) is 0 Å². The maximum Gasteiger partial charge on any atom is 0.158 e. The Bertz CT molecular complexity index is 1130. The lowest BCUT2D eigenvalue weighted by Gasteiger charge is -2.32. The van der Waals surface area contributed by atoms with Crippen molar-refractivity contribution in [2.45, 2.75) is 44.6 Å². The van der Waals surface area contributed by atoms with E-state index in [4.69, 9.17) is 0 Å². The molecule has 0 spiro atoms. The zero-order chi connectivity index (χ0) is 19.3. The van der Waals surface area contributed by atoms with Gasteiger partial charge in [-0.15, -0.1) is 0 Å². The molecule has 5 heteroatoms. The Morgan fingerprint density at radius 3 is 2.68 bits per heavy atom. The molecule has 1 aromatic carbocycles. The van der Waals surface area contributed by atoms with Crippen LogP contribution in [-0.2, 0) is 0 Å². The van der Waals surface area contributed by atoms with Gasteiger partial charge < -0.3 is 9.88 Å². The Hall–Kier alpha value is -2.66. The Balaban J connectivity index is 1.46. The number of benzene rings is 1. The molecule has 0 unspecified atom stereocenters. The molecule has 3 aromatic heterocycles. The van der Waals surface area contributed by atoms with E-state index in [1.807, 2.05) is 4.52 Å². The number of fused-ring (bicyclic) bond motifs is 2. The molecule has 1 fully saturated rings. The van der Waals surface area contributed by atoms with Gasteiger partial charge in [0.2, 0.25) is 0 Å². The lowest BCUT2D eigenvalue weighted by Crippen LogP contribution is -2.31. The van der Waals surface area contributed by atoms with Crippen molar-refractivity contribution in [1.82, 2.24) is 24.5 Å². The van der Waals surface area contributed by atoms with Gasteiger partial charge in [-0.25, -0.2) is 9.50 Å². The van der Waals surface area contributed by atoms with E-state index >= 15 is 0 Å². The summed E-state index contributed by atoms with van der Waals surface area (Å²) in [6.07, 6.45) is 11.0. The standard InChI is InChI=1S/C23H27N5/c1-15-10-18(13-28-23(15)25-14-26-28)17-6-9-20-21(12-24-22(20)11-17)16-4-7-19(8-5-16)27(2)3/h6,9-14,16,19,24H,4-5,7-8H2,1-3H3. The molecule has 1 aliphatic rings. The minimum absolute atomic E-state index is 0.671. The number of hydrogen-bond donors (Lipinski definition) is 1. The number of hydrogen-bond acceptors (Lipinski definition) is 3. The number of pyridine rings is 1. The molecule has 1 saturated carbocycles. The molecule has 0 aliphatic heterocycles. The van der Waals surface area contributed by atoms with E-state index in [1.165, 1.54) is 53.3 Å². The van der Waals surface area contributed by atoms with Crippen LogP contribution in [0.4, 0.5) is 0 Å². The summed E-state index contributed by atoms with van der Waals surface area (Å²) < 4.78 is 1.86. The topological polar surface area (TPSA) is 49.2 Å². The van der Waals surface area contributed by atoms with Crippen LogP contribution in [0.1, 0.15) is 42.7 Å². The van der Waals surface area contributed by atoms with Crippen LogP contribution < -0.4 is 0 Å². The summed E-state index contributed by atoms with van der Waals surface area (Å²) in [6, 6.07) is 9.72. The van der Waals surface area contributed by atoms with Crippen LogP contribution in [0.2, 0.25) is 0 Å². The highest BCUT2D eigenvalue weighted by Crippen LogP contribution is 2.38. The number of aromatic nitrogens is 4. The predicted octanol–water partition coefficient (Wildman–Crippen LogP) is 4.77. The van der Waals surface area contributed by atoms with Crippen LogP contribution >= 0.6 is 0 Å². The van der Waals surface area contributed by atoms with Crippen molar-refractivity contribution in [3.8, 4) is 11.1 Å². The number of rotatable bonds is 3. The van der Waals surface area contributed by atoms with Crippen LogP contribution in [0.3, 0.4) is 0 Å². The Kier molecular flexibility index (Phi) is 4.20. The quantitative estimate of drug-likeness (QED) is 0.562. The van der Waals surface area contributed by atoms with Crippen LogP contribution in [0.15, 0.2) is 43.0 Å². The third-order valence-electron chi connectivity index (χ3n) is 6.47. The first-order valence-corrected chi connectivity index (χ1v) is 10.2. The molecule has 0 radical (unpaired) electrons. The Morgan fingerprint density at radius 2 is 1.89 bits per heavy atom. The van der Waals surface area contributed by atoms with Gasteiger partial charge in [0.25, 0.3) is 0 Å². The molecule has 1 aliphatic carbocycles. The molecule has 3 heterocycles. The van der Waals surface area contributed by atoms with Crippen LogP contribution in [0, 0.1) is 6.92 Å². The third kappa shape index (κ3) is 2.90. The van der Waals surface area contributed by atoms with E-state index in [-0.39, 0.29) is 0 Å². The maximum atomic E-state index is 4.32. The van der Waals surface area contributed by atoms with E-state index in [0.717, 1.165) is 17.3 Å². The SMILES string of the molecule is Cc1cc(-c2ccc3c(C4CCC(N(C)C)CC4)c[nH]c3c2)cn2ncnc12. The van der Waals surface area contributed by atoms with Crippen molar-refractivity contribution in [2.75, 3.05) is 14.1 Å². The summed E-state index contributed by atoms with van der Waals surface area (Å²) in [5, 5.41) is 5.68. The number of aromatic amines is 1. The molecule has 0 amide bonds. The Morgan fingerprint density at radius 1 is 1.07 bits per heavy atom. The van der Waals surface area contributed by atoms with Crippen LogP contribution in [0.5, 0.6) is 0 Å². The first-order valence-electron chi connectivity index (χ1n) is 10.2. The summed E-state index contributed by atoms with van der Waals surface area (Å²) in [7, 11) is 4.41. The summed E-state index contributed by atoms with van der Waals surface area (Å²) in [5.41, 5.74) is 7.14. The summed E-state index contributed by atoms with van der Waals surface area (Å²) in [6.45, 7) is 2.09. The molecule has 144 valence electrons. The third-order valence-corrected chi connectivity index (χ3v) is 6.47. The van der Waals surface area contributed by atoms with E-state index in [2.05, 4.69) is 77.6 Å². The molecule has 0 bridgehead atoms. The van der Waals surface area contributed by atoms with Gasteiger partial charge in [-0.3, -0.25) is 0 Å². The minimum Gasteiger partial charge on any atom is -0.361 e. The molecule has 4 aromatic rings. The second kappa shape index (κ2) is 6.74. The lowest BCUT2D eigenvalue weighted by atomic mass is 9.81. The van der Waals surface area contributed by atoms with Gasteiger partial charge in [0, 0.05) is 34.9 Å². The van der Waals surface area contributed by atoms with Crippen molar-refractivity contribution >= 4 is 16.6 Å². The first-order chi connectivity index (χ1) is 13.6. The zero-order valence-corrected chi connectivity index (χ0v) is 16.8. The van der Waals surface area contributed by atoms with Crippen molar-refractivity contribution < 1.29 is 0 Å². The highest BCUT2D eigenvalue weighted by Gasteiger charge is 2.25. The average molecular weight is 374 g/mol. The summed E-state index contributed by atoms with van der Waals surface area (Å²) in [4.78, 5) is 10.2. The molecule has 0 saturated heterocycles. The van der Waals surface area contributed by atoms with E-state index < -0.39 is 0 Å². The molecule has 0 atom stereocenters. The second-order valence-electron chi connectivity index (χ2n) is 8.41. The molecule has 1 N–H and O–H groups in total. The van der Waals surface area contributed by atoms with E-state index in [0.29, 0.717) is 5.92 Å². The highest BCUT2D eigenvalue weighted by atomic mass is 15.3. The lowest BCUT2D eigenvalue weighted by molar-refractivity contribution is 0.217. The maximum absolute atomic E-state index is 4.32. The summed E-state index contributed by atoms with van der Waals surface area (Å²) >= 11 is 0. The van der Waals surface area contributed by atoms with Gasteiger partial charge in [0.15, 0.2) is 5.65 Å². The molecule has 28 heavy (non-hydrogen) atoms. The van der Waals surface area contributed by atoms with E-state index in [9.17, 15) is 0 Å². The van der Waals surface area contributed by atoms with Gasteiger partial charge in [-0.05, 0) is 81.4 Å². The van der Waals surface area contributed by atoms with Gasteiger partial charge >= 0.3 is 0 Å². The fraction of sp³-hybridized carbons (Fsp3) is 0.391. The number of aryl methyl sites for hydroxylation is 1. The minimum atomic E-state index is 0.671. The molecule has 5 nitrogen and oxygen atoms in total. The average Bonchev–Trinajstić information content (AvgIpc) is 3.34.